The second kappa shape index (κ2) is 7.76. The van der Waals surface area contributed by atoms with Crippen LogP contribution in [-0.2, 0) is 10.0 Å². The predicted octanol–water partition coefficient (Wildman–Crippen LogP) is 4.69. The molecule has 0 spiro atoms. The van der Waals surface area contributed by atoms with Crippen LogP contribution in [0, 0.1) is 0 Å². The van der Waals surface area contributed by atoms with Gasteiger partial charge in [0.2, 0.25) is 0 Å². The van der Waals surface area contributed by atoms with Crippen LogP contribution >= 0.6 is 11.6 Å². The van der Waals surface area contributed by atoms with Crippen molar-refractivity contribution in [2.45, 2.75) is 11.8 Å². The summed E-state index contributed by atoms with van der Waals surface area (Å²) in [5.74, 6) is 0.744. The summed E-state index contributed by atoms with van der Waals surface area (Å²) in [5, 5.41) is 0.482. The van der Waals surface area contributed by atoms with E-state index in [1.54, 1.807) is 12.1 Å². The van der Waals surface area contributed by atoms with E-state index in [1.165, 1.54) is 30.5 Å². The fourth-order valence-electron chi connectivity index (χ4n) is 2.52. The fourth-order valence-corrected chi connectivity index (χ4v) is 3.69. The molecule has 1 heterocycles. The molecule has 2 aromatic carbocycles. The van der Waals surface area contributed by atoms with E-state index in [-0.39, 0.29) is 4.90 Å². The van der Waals surface area contributed by atoms with E-state index in [0.29, 0.717) is 10.7 Å². The topological polar surface area (TPSA) is 62.3 Å². The summed E-state index contributed by atoms with van der Waals surface area (Å²) in [6.45, 7) is 2.78. The number of hydrogen-bond acceptors (Lipinski definition) is 4. The largest absolute Gasteiger partial charge is 0.327 e. The van der Waals surface area contributed by atoms with Gasteiger partial charge in [0.25, 0.3) is 10.0 Å². The Morgan fingerprint density at radius 1 is 1.00 bits per heavy atom. The van der Waals surface area contributed by atoms with Gasteiger partial charge in [-0.15, -0.1) is 0 Å². The Labute approximate surface area is 158 Å². The van der Waals surface area contributed by atoms with Crippen LogP contribution in [0.5, 0.6) is 0 Å². The number of aromatic nitrogens is 1. The average molecular weight is 388 g/mol. The number of benzene rings is 2. The van der Waals surface area contributed by atoms with Crippen LogP contribution in [0.3, 0.4) is 0 Å². The quantitative estimate of drug-likeness (QED) is 0.666. The Hall–Kier alpha value is -2.57. The molecule has 0 saturated carbocycles. The van der Waals surface area contributed by atoms with Crippen LogP contribution in [0.1, 0.15) is 6.92 Å². The first-order chi connectivity index (χ1) is 12.5. The third-order valence-electron chi connectivity index (χ3n) is 3.78. The highest BCUT2D eigenvalue weighted by Gasteiger charge is 2.15. The summed E-state index contributed by atoms with van der Waals surface area (Å²) < 4.78 is 27.4. The van der Waals surface area contributed by atoms with E-state index in [1.807, 2.05) is 42.2 Å². The van der Waals surface area contributed by atoms with Crippen molar-refractivity contribution in [3.63, 3.8) is 0 Å². The van der Waals surface area contributed by atoms with Crippen LogP contribution in [0.2, 0.25) is 5.02 Å². The van der Waals surface area contributed by atoms with Crippen LogP contribution in [-0.4, -0.2) is 19.9 Å². The molecule has 3 aromatic rings. The van der Waals surface area contributed by atoms with Crippen molar-refractivity contribution >= 4 is 38.8 Å². The monoisotopic (exact) mass is 387 g/mol. The molecule has 1 N–H and O–H groups in total. The van der Waals surface area contributed by atoms with E-state index in [2.05, 4.69) is 9.71 Å². The van der Waals surface area contributed by atoms with E-state index in [0.717, 1.165) is 18.1 Å². The summed E-state index contributed by atoms with van der Waals surface area (Å²) in [4.78, 5) is 6.58. The summed E-state index contributed by atoms with van der Waals surface area (Å²) in [7, 11) is -3.68. The lowest BCUT2D eigenvalue weighted by atomic mass is 10.3. The van der Waals surface area contributed by atoms with Gasteiger partial charge in [-0.3, -0.25) is 4.72 Å². The summed E-state index contributed by atoms with van der Waals surface area (Å²) >= 11 is 5.80. The molecule has 0 aliphatic carbocycles. The van der Waals surface area contributed by atoms with E-state index < -0.39 is 10.0 Å². The molecule has 0 fully saturated rings. The standard InChI is InChI=1S/C19H18ClN3O2S/c1-2-23(17-6-4-3-5-7-17)19-13-10-16(14-21-19)22-26(24,25)18-11-8-15(20)9-12-18/h3-14,22H,2H2,1H3. The number of nitrogens with zero attached hydrogens (tertiary/aromatic N) is 2. The molecule has 0 atom stereocenters. The molecular weight excluding hydrogens is 370 g/mol. The average Bonchev–Trinajstić information content (AvgIpc) is 2.65. The maximum atomic E-state index is 12.4. The third kappa shape index (κ3) is 4.15. The summed E-state index contributed by atoms with van der Waals surface area (Å²) in [6, 6.07) is 19.4. The second-order valence-corrected chi connectivity index (χ2v) is 7.66. The number of nitrogens with one attached hydrogen (secondary N) is 1. The van der Waals surface area contributed by atoms with E-state index in [9.17, 15) is 8.42 Å². The number of halogens is 1. The number of para-hydroxylation sites is 1. The molecule has 0 aliphatic rings. The molecule has 0 bridgehead atoms. The lowest BCUT2D eigenvalue weighted by molar-refractivity contribution is 0.601. The first-order valence-corrected chi connectivity index (χ1v) is 9.93. The molecule has 26 heavy (non-hydrogen) atoms. The molecule has 0 unspecified atom stereocenters. The Morgan fingerprint density at radius 2 is 1.69 bits per heavy atom. The number of anilines is 3. The minimum atomic E-state index is -3.68. The Morgan fingerprint density at radius 3 is 2.27 bits per heavy atom. The SMILES string of the molecule is CCN(c1ccccc1)c1ccc(NS(=O)(=O)c2ccc(Cl)cc2)cn1. The first kappa shape index (κ1) is 18.2. The highest BCUT2D eigenvalue weighted by Crippen LogP contribution is 2.24. The van der Waals surface area contributed by atoms with Gasteiger partial charge in [-0.1, -0.05) is 29.8 Å². The highest BCUT2D eigenvalue weighted by molar-refractivity contribution is 7.92. The first-order valence-electron chi connectivity index (χ1n) is 8.06. The molecule has 0 radical (unpaired) electrons. The zero-order valence-electron chi connectivity index (χ0n) is 14.1. The zero-order valence-corrected chi connectivity index (χ0v) is 15.7. The Kier molecular flexibility index (Phi) is 5.44. The van der Waals surface area contributed by atoms with Gasteiger partial charge in [-0.05, 0) is 55.5 Å². The van der Waals surface area contributed by atoms with Gasteiger partial charge in [0.05, 0.1) is 16.8 Å². The van der Waals surface area contributed by atoms with Gasteiger partial charge in [-0.25, -0.2) is 13.4 Å². The minimum absolute atomic E-state index is 0.144. The van der Waals surface area contributed by atoms with Crippen molar-refractivity contribution < 1.29 is 8.42 Å². The van der Waals surface area contributed by atoms with Gasteiger partial charge in [0.1, 0.15) is 5.82 Å². The zero-order chi connectivity index (χ0) is 18.6. The predicted molar refractivity (Wildman–Crippen MR) is 106 cm³/mol. The molecule has 0 aliphatic heterocycles. The van der Waals surface area contributed by atoms with Crippen molar-refractivity contribution in [1.82, 2.24) is 4.98 Å². The summed E-state index contributed by atoms with van der Waals surface area (Å²) in [6.07, 6.45) is 1.51. The van der Waals surface area contributed by atoms with Crippen molar-refractivity contribution in [2.75, 3.05) is 16.2 Å². The maximum absolute atomic E-state index is 12.4. The van der Waals surface area contributed by atoms with Gasteiger partial charge < -0.3 is 4.90 Å². The van der Waals surface area contributed by atoms with Crippen molar-refractivity contribution in [3.05, 3.63) is 77.9 Å². The van der Waals surface area contributed by atoms with Crippen LogP contribution in [0.15, 0.2) is 77.8 Å². The minimum Gasteiger partial charge on any atom is -0.327 e. The van der Waals surface area contributed by atoms with Gasteiger partial charge in [0.15, 0.2) is 0 Å². The summed E-state index contributed by atoms with van der Waals surface area (Å²) in [5.41, 5.74) is 1.42. The van der Waals surface area contributed by atoms with Crippen molar-refractivity contribution in [3.8, 4) is 0 Å². The molecule has 7 heteroatoms. The molecule has 5 nitrogen and oxygen atoms in total. The normalized spacial score (nSPS) is 11.2. The van der Waals surface area contributed by atoms with Gasteiger partial charge in [-0.2, -0.15) is 0 Å². The van der Waals surface area contributed by atoms with Crippen LogP contribution in [0.25, 0.3) is 0 Å². The van der Waals surface area contributed by atoms with Crippen molar-refractivity contribution in [1.29, 1.82) is 0 Å². The maximum Gasteiger partial charge on any atom is 0.261 e. The number of hydrogen-bond donors (Lipinski definition) is 1. The highest BCUT2D eigenvalue weighted by atomic mass is 35.5. The molecule has 0 amide bonds. The number of sulfonamides is 1. The second-order valence-electron chi connectivity index (χ2n) is 5.54. The van der Waals surface area contributed by atoms with E-state index in [4.69, 9.17) is 11.6 Å². The molecular formula is C19H18ClN3O2S. The van der Waals surface area contributed by atoms with Gasteiger partial charge in [0, 0.05) is 17.3 Å². The smallest absolute Gasteiger partial charge is 0.261 e. The Balaban J connectivity index is 1.80. The van der Waals surface area contributed by atoms with Crippen LogP contribution in [0.4, 0.5) is 17.2 Å². The molecule has 1 aromatic heterocycles. The fraction of sp³-hybridized carbons (Fsp3) is 0.105. The number of rotatable bonds is 6. The molecule has 3 rings (SSSR count). The Bertz CT molecular complexity index is 960. The lowest BCUT2D eigenvalue weighted by Gasteiger charge is -2.22. The number of pyridine rings is 1. The van der Waals surface area contributed by atoms with E-state index >= 15 is 0 Å². The molecule has 134 valence electrons. The van der Waals surface area contributed by atoms with Crippen LogP contribution < -0.4 is 9.62 Å². The lowest BCUT2D eigenvalue weighted by Crippen LogP contribution is -2.17. The third-order valence-corrected chi connectivity index (χ3v) is 5.43. The van der Waals surface area contributed by atoms with Gasteiger partial charge >= 0.3 is 0 Å². The molecule has 0 saturated heterocycles. The van der Waals surface area contributed by atoms with Crippen molar-refractivity contribution in [2.24, 2.45) is 0 Å².